The summed E-state index contributed by atoms with van der Waals surface area (Å²) >= 11 is 0. The maximum Gasteiger partial charge on any atom is 0.163 e. The van der Waals surface area contributed by atoms with Crippen LogP contribution in [0.1, 0.15) is 22.3 Å². The maximum absolute atomic E-state index is 12.3. The first-order valence-corrected chi connectivity index (χ1v) is 7.42. The van der Waals surface area contributed by atoms with Crippen LogP contribution in [0.4, 0.5) is 0 Å². The van der Waals surface area contributed by atoms with E-state index in [1.807, 2.05) is 48.5 Å². The van der Waals surface area contributed by atoms with Gasteiger partial charge in [0.15, 0.2) is 5.78 Å². The number of rotatable bonds is 5. The Balaban J connectivity index is 1.88. The third-order valence-electron chi connectivity index (χ3n) is 3.92. The fourth-order valence-electron chi connectivity index (χ4n) is 2.77. The van der Waals surface area contributed by atoms with Gasteiger partial charge >= 0.3 is 0 Å². The summed E-state index contributed by atoms with van der Waals surface area (Å²) in [5.41, 5.74) is 1.87. The summed E-state index contributed by atoms with van der Waals surface area (Å²) in [6, 6.07) is 21.7. The van der Waals surface area contributed by atoms with Crippen LogP contribution in [0.25, 0.3) is 10.8 Å². The number of benzene rings is 3. The zero-order chi connectivity index (χ0) is 15.4. The van der Waals surface area contributed by atoms with Crippen molar-refractivity contribution < 1.29 is 9.53 Å². The first kappa shape index (κ1) is 14.3. The zero-order valence-corrected chi connectivity index (χ0v) is 12.6. The van der Waals surface area contributed by atoms with Crippen LogP contribution >= 0.6 is 0 Å². The first-order valence-electron chi connectivity index (χ1n) is 7.42. The Morgan fingerprint density at radius 3 is 2.41 bits per heavy atom. The number of carbonyl (C=O) groups excluding carboxylic acids is 1. The molecule has 0 spiro atoms. The SMILES string of the molecule is COc1ccc2ccccc2c1CCC(=O)c1ccccc1. The van der Waals surface area contributed by atoms with E-state index < -0.39 is 0 Å². The number of ether oxygens (including phenoxy) is 1. The highest BCUT2D eigenvalue weighted by Gasteiger charge is 2.11. The predicted octanol–water partition coefficient (Wildman–Crippen LogP) is 4.66. The van der Waals surface area contributed by atoms with Crippen molar-refractivity contribution >= 4 is 16.6 Å². The topological polar surface area (TPSA) is 26.3 Å². The minimum atomic E-state index is 0.163. The minimum absolute atomic E-state index is 0.163. The highest BCUT2D eigenvalue weighted by Crippen LogP contribution is 2.29. The van der Waals surface area contributed by atoms with Crippen molar-refractivity contribution in [2.75, 3.05) is 7.11 Å². The molecule has 0 aromatic heterocycles. The van der Waals surface area contributed by atoms with E-state index in [-0.39, 0.29) is 5.78 Å². The van der Waals surface area contributed by atoms with Crippen LogP contribution in [0.15, 0.2) is 66.7 Å². The maximum atomic E-state index is 12.3. The van der Waals surface area contributed by atoms with E-state index in [0.717, 1.165) is 22.3 Å². The largest absolute Gasteiger partial charge is 0.496 e. The fraction of sp³-hybridized carbons (Fsp3) is 0.150. The summed E-state index contributed by atoms with van der Waals surface area (Å²) in [6.07, 6.45) is 1.16. The van der Waals surface area contributed by atoms with E-state index in [2.05, 4.69) is 18.2 Å². The van der Waals surface area contributed by atoms with Crippen LogP contribution < -0.4 is 4.74 Å². The van der Waals surface area contributed by atoms with Crippen molar-refractivity contribution in [1.82, 2.24) is 0 Å². The molecule has 0 N–H and O–H groups in total. The van der Waals surface area contributed by atoms with Gasteiger partial charge in [0.05, 0.1) is 7.11 Å². The van der Waals surface area contributed by atoms with E-state index in [1.165, 1.54) is 5.39 Å². The molecule has 0 fully saturated rings. The van der Waals surface area contributed by atoms with E-state index in [0.29, 0.717) is 12.8 Å². The average Bonchev–Trinajstić information content (AvgIpc) is 2.60. The molecule has 0 amide bonds. The highest BCUT2D eigenvalue weighted by molar-refractivity contribution is 5.96. The van der Waals surface area contributed by atoms with Gasteiger partial charge in [0.1, 0.15) is 5.75 Å². The molecule has 0 radical (unpaired) electrons. The van der Waals surface area contributed by atoms with Gasteiger partial charge in [0.2, 0.25) is 0 Å². The Labute approximate surface area is 130 Å². The lowest BCUT2D eigenvalue weighted by Gasteiger charge is -2.12. The molecule has 0 heterocycles. The number of Topliss-reactive ketones (excluding diaryl/α,β-unsaturated/α-hetero) is 1. The number of hydrogen-bond acceptors (Lipinski definition) is 2. The van der Waals surface area contributed by atoms with Crippen molar-refractivity contribution in [1.29, 1.82) is 0 Å². The fourth-order valence-corrected chi connectivity index (χ4v) is 2.77. The average molecular weight is 290 g/mol. The Hall–Kier alpha value is -2.61. The second-order valence-corrected chi connectivity index (χ2v) is 5.26. The van der Waals surface area contributed by atoms with Gasteiger partial charge in [0.25, 0.3) is 0 Å². The Morgan fingerprint density at radius 2 is 1.64 bits per heavy atom. The summed E-state index contributed by atoms with van der Waals surface area (Å²) in [5.74, 6) is 1.01. The molecule has 0 saturated carbocycles. The lowest BCUT2D eigenvalue weighted by atomic mass is 9.97. The molecule has 2 heteroatoms. The van der Waals surface area contributed by atoms with E-state index in [4.69, 9.17) is 4.74 Å². The summed E-state index contributed by atoms with van der Waals surface area (Å²) in [5, 5.41) is 2.33. The summed E-state index contributed by atoms with van der Waals surface area (Å²) in [6.45, 7) is 0. The summed E-state index contributed by atoms with van der Waals surface area (Å²) < 4.78 is 5.48. The molecule has 0 saturated heterocycles. The summed E-state index contributed by atoms with van der Waals surface area (Å²) in [7, 11) is 1.67. The van der Waals surface area contributed by atoms with Crippen LogP contribution in [-0.2, 0) is 6.42 Å². The van der Waals surface area contributed by atoms with Crippen LogP contribution in [0.2, 0.25) is 0 Å². The highest BCUT2D eigenvalue weighted by atomic mass is 16.5. The van der Waals surface area contributed by atoms with Gasteiger partial charge in [0, 0.05) is 17.5 Å². The normalized spacial score (nSPS) is 10.6. The van der Waals surface area contributed by atoms with Gasteiger partial charge in [-0.25, -0.2) is 0 Å². The number of ketones is 1. The summed E-state index contributed by atoms with van der Waals surface area (Å²) in [4.78, 5) is 12.3. The molecule has 3 aromatic carbocycles. The predicted molar refractivity (Wildman–Crippen MR) is 89.6 cm³/mol. The Kier molecular flexibility index (Phi) is 4.19. The molecule has 110 valence electrons. The van der Waals surface area contributed by atoms with Crippen molar-refractivity contribution in [3.63, 3.8) is 0 Å². The number of aryl methyl sites for hydroxylation is 1. The molecule has 2 nitrogen and oxygen atoms in total. The second-order valence-electron chi connectivity index (χ2n) is 5.26. The number of methoxy groups -OCH3 is 1. The monoisotopic (exact) mass is 290 g/mol. The van der Waals surface area contributed by atoms with Crippen LogP contribution in [0.3, 0.4) is 0 Å². The molecule has 0 atom stereocenters. The van der Waals surface area contributed by atoms with E-state index in [9.17, 15) is 4.79 Å². The minimum Gasteiger partial charge on any atom is -0.496 e. The first-order chi connectivity index (χ1) is 10.8. The third-order valence-corrected chi connectivity index (χ3v) is 3.92. The second kappa shape index (κ2) is 6.44. The molecule has 3 rings (SSSR count). The third kappa shape index (κ3) is 2.86. The molecule has 3 aromatic rings. The lowest BCUT2D eigenvalue weighted by molar-refractivity contribution is 0.0983. The Morgan fingerprint density at radius 1 is 0.909 bits per heavy atom. The van der Waals surface area contributed by atoms with Gasteiger partial charge in [-0.15, -0.1) is 0 Å². The van der Waals surface area contributed by atoms with Gasteiger partial charge in [-0.1, -0.05) is 60.7 Å². The van der Waals surface area contributed by atoms with Crippen LogP contribution in [-0.4, -0.2) is 12.9 Å². The van der Waals surface area contributed by atoms with Gasteiger partial charge in [-0.05, 0) is 23.3 Å². The molecule has 0 unspecified atom stereocenters. The standard InChI is InChI=1S/C20H18O2/c1-22-20-14-11-15-7-5-6-10-17(15)18(20)12-13-19(21)16-8-3-2-4-9-16/h2-11,14H,12-13H2,1H3. The van der Waals surface area contributed by atoms with E-state index in [1.54, 1.807) is 7.11 Å². The number of hydrogen-bond donors (Lipinski definition) is 0. The van der Waals surface area contributed by atoms with Crippen LogP contribution in [0, 0.1) is 0 Å². The molecule has 0 bridgehead atoms. The number of carbonyl (C=O) groups is 1. The molecular formula is C20H18O2. The lowest BCUT2D eigenvalue weighted by Crippen LogP contribution is -2.02. The van der Waals surface area contributed by atoms with Crippen molar-refractivity contribution in [3.05, 3.63) is 77.9 Å². The van der Waals surface area contributed by atoms with Gasteiger partial charge in [-0.2, -0.15) is 0 Å². The Bertz CT molecular complexity index is 791. The van der Waals surface area contributed by atoms with Crippen molar-refractivity contribution in [2.24, 2.45) is 0 Å². The van der Waals surface area contributed by atoms with Gasteiger partial charge < -0.3 is 4.74 Å². The quantitative estimate of drug-likeness (QED) is 0.639. The van der Waals surface area contributed by atoms with Crippen LogP contribution in [0.5, 0.6) is 5.75 Å². The molecular weight excluding hydrogens is 272 g/mol. The van der Waals surface area contributed by atoms with E-state index >= 15 is 0 Å². The van der Waals surface area contributed by atoms with Gasteiger partial charge in [-0.3, -0.25) is 4.79 Å². The zero-order valence-electron chi connectivity index (χ0n) is 12.6. The van der Waals surface area contributed by atoms with Crippen molar-refractivity contribution in [3.8, 4) is 5.75 Å². The number of fused-ring (bicyclic) bond motifs is 1. The molecule has 0 aliphatic heterocycles. The molecule has 0 aliphatic rings. The van der Waals surface area contributed by atoms with Crippen molar-refractivity contribution in [2.45, 2.75) is 12.8 Å². The molecule has 22 heavy (non-hydrogen) atoms. The molecule has 0 aliphatic carbocycles. The smallest absolute Gasteiger partial charge is 0.163 e.